The van der Waals surface area contributed by atoms with Crippen LogP contribution in [0.3, 0.4) is 0 Å². The van der Waals surface area contributed by atoms with Gasteiger partial charge in [0.25, 0.3) is 0 Å². The van der Waals surface area contributed by atoms with E-state index in [1.54, 1.807) is 6.07 Å². The minimum absolute atomic E-state index is 0.121. The van der Waals surface area contributed by atoms with Gasteiger partial charge in [-0.3, -0.25) is 0 Å². The molecule has 0 bridgehead atoms. The molecule has 1 aliphatic rings. The maximum atomic E-state index is 9.19. The molecule has 1 saturated heterocycles. The van der Waals surface area contributed by atoms with Crippen LogP contribution in [-0.4, -0.2) is 34.3 Å². The number of nitrogens with two attached hydrogens (primary N) is 1. The topological polar surface area (TPSA) is 75.3 Å². The summed E-state index contributed by atoms with van der Waals surface area (Å²) in [6, 6.07) is 1.79. The number of rotatable bonds is 2. The SMILES string of the molecule is Nc1nc(Cl)cc(N2CCC[C@H]2CO)n1. The van der Waals surface area contributed by atoms with E-state index in [9.17, 15) is 5.11 Å². The van der Waals surface area contributed by atoms with Crippen molar-refractivity contribution in [2.24, 2.45) is 0 Å². The molecule has 1 fully saturated rings. The second kappa shape index (κ2) is 4.20. The molecule has 0 aromatic carbocycles. The molecule has 6 heteroatoms. The lowest BCUT2D eigenvalue weighted by Gasteiger charge is -2.24. The van der Waals surface area contributed by atoms with Gasteiger partial charge in [-0.1, -0.05) is 11.6 Å². The molecule has 0 unspecified atom stereocenters. The predicted octanol–water partition coefficient (Wildman–Crippen LogP) is 0.673. The number of nitrogen functional groups attached to an aromatic ring is 1. The van der Waals surface area contributed by atoms with Crippen LogP contribution in [-0.2, 0) is 0 Å². The van der Waals surface area contributed by atoms with Crippen LogP contribution in [0.4, 0.5) is 11.8 Å². The minimum atomic E-state index is 0.121. The molecule has 0 aliphatic carbocycles. The molecule has 3 N–H and O–H groups in total. The first kappa shape index (κ1) is 10.4. The molecule has 1 aromatic rings. The second-order valence-electron chi connectivity index (χ2n) is 3.58. The number of aliphatic hydroxyl groups excluding tert-OH is 1. The number of halogens is 1. The van der Waals surface area contributed by atoms with E-state index in [-0.39, 0.29) is 18.6 Å². The summed E-state index contributed by atoms with van der Waals surface area (Å²) in [6.45, 7) is 1.000. The Morgan fingerprint density at radius 3 is 3.07 bits per heavy atom. The third kappa shape index (κ3) is 2.13. The Balaban J connectivity index is 2.28. The summed E-state index contributed by atoms with van der Waals surface area (Å²) in [5.41, 5.74) is 5.52. The van der Waals surface area contributed by atoms with Gasteiger partial charge in [0.15, 0.2) is 0 Å². The van der Waals surface area contributed by atoms with Gasteiger partial charge in [-0.25, -0.2) is 4.98 Å². The van der Waals surface area contributed by atoms with Crippen molar-refractivity contribution in [2.75, 3.05) is 23.8 Å². The van der Waals surface area contributed by atoms with E-state index in [4.69, 9.17) is 17.3 Å². The van der Waals surface area contributed by atoms with E-state index in [1.807, 2.05) is 4.90 Å². The van der Waals surface area contributed by atoms with Crippen molar-refractivity contribution < 1.29 is 5.11 Å². The first-order valence-electron chi connectivity index (χ1n) is 4.88. The maximum Gasteiger partial charge on any atom is 0.223 e. The summed E-state index contributed by atoms with van der Waals surface area (Å²) in [6.07, 6.45) is 2.02. The number of anilines is 2. The van der Waals surface area contributed by atoms with Crippen LogP contribution in [0.2, 0.25) is 5.15 Å². The summed E-state index contributed by atoms with van der Waals surface area (Å²) < 4.78 is 0. The van der Waals surface area contributed by atoms with Crippen molar-refractivity contribution in [1.29, 1.82) is 0 Å². The van der Waals surface area contributed by atoms with Crippen molar-refractivity contribution in [3.05, 3.63) is 11.2 Å². The van der Waals surface area contributed by atoms with Crippen LogP contribution in [0.1, 0.15) is 12.8 Å². The van der Waals surface area contributed by atoms with Gasteiger partial charge in [0.2, 0.25) is 5.95 Å². The zero-order valence-electron chi connectivity index (χ0n) is 8.23. The van der Waals surface area contributed by atoms with Crippen LogP contribution in [0.25, 0.3) is 0 Å². The molecular formula is C9H13ClN4O. The van der Waals surface area contributed by atoms with Gasteiger partial charge in [-0.15, -0.1) is 0 Å². The predicted molar refractivity (Wildman–Crippen MR) is 58.9 cm³/mol. The Labute approximate surface area is 92.9 Å². The smallest absolute Gasteiger partial charge is 0.223 e. The van der Waals surface area contributed by atoms with Crippen molar-refractivity contribution in [1.82, 2.24) is 9.97 Å². The van der Waals surface area contributed by atoms with Gasteiger partial charge in [-0.05, 0) is 12.8 Å². The fourth-order valence-corrected chi connectivity index (χ4v) is 2.08. The molecule has 0 amide bonds. The summed E-state index contributed by atoms with van der Waals surface area (Å²) in [5.74, 6) is 0.866. The lowest BCUT2D eigenvalue weighted by Crippen LogP contribution is -2.32. The molecule has 1 atom stereocenters. The number of nitrogens with zero attached hydrogens (tertiary/aromatic N) is 3. The highest BCUT2D eigenvalue weighted by Crippen LogP contribution is 2.25. The lowest BCUT2D eigenvalue weighted by molar-refractivity contribution is 0.266. The highest BCUT2D eigenvalue weighted by Gasteiger charge is 2.25. The molecule has 5 nitrogen and oxygen atoms in total. The van der Waals surface area contributed by atoms with Gasteiger partial charge in [0.1, 0.15) is 11.0 Å². The van der Waals surface area contributed by atoms with Crippen LogP contribution in [0.15, 0.2) is 6.07 Å². The Hall–Kier alpha value is -1.07. The first-order chi connectivity index (χ1) is 7.20. The van der Waals surface area contributed by atoms with Crippen LogP contribution < -0.4 is 10.6 Å². The Morgan fingerprint density at radius 2 is 2.40 bits per heavy atom. The monoisotopic (exact) mass is 228 g/mol. The van der Waals surface area contributed by atoms with E-state index >= 15 is 0 Å². The summed E-state index contributed by atoms with van der Waals surface area (Å²) in [7, 11) is 0. The molecule has 15 heavy (non-hydrogen) atoms. The van der Waals surface area contributed by atoms with Gasteiger partial charge >= 0.3 is 0 Å². The first-order valence-corrected chi connectivity index (χ1v) is 5.26. The van der Waals surface area contributed by atoms with E-state index in [0.29, 0.717) is 11.0 Å². The Kier molecular flexibility index (Phi) is 2.93. The van der Waals surface area contributed by atoms with E-state index in [2.05, 4.69) is 9.97 Å². The highest BCUT2D eigenvalue weighted by atomic mass is 35.5. The fourth-order valence-electron chi connectivity index (χ4n) is 1.90. The molecule has 0 spiro atoms. The molecule has 0 radical (unpaired) electrons. The highest BCUT2D eigenvalue weighted by molar-refractivity contribution is 6.29. The van der Waals surface area contributed by atoms with Gasteiger partial charge in [-0.2, -0.15) is 4.98 Å². The number of hydrogen-bond donors (Lipinski definition) is 2. The van der Waals surface area contributed by atoms with E-state index < -0.39 is 0 Å². The molecule has 2 heterocycles. The largest absolute Gasteiger partial charge is 0.394 e. The molecule has 82 valence electrons. The molecular weight excluding hydrogens is 216 g/mol. The van der Waals surface area contributed by atoms with Crippen molar-refractivity contribution in [3.8, 4) is 0 Å². The molecule has 0 saturated carbocycles. The third-order valence-corrected chi connectivity index (χ3v) is 2.77. The number of aliphatic hydroxyl groups is 1. The van der Waals surface area contributed by atoms with Crippen molar-refractivity contribution in [2.45, 2.75) is 18.9 Å². The average Bonchev–Trinajstić information content (AvgIpc) is 2.63. The zero-order chi connectivity index (χ0) is 10.8. The molecule has 1 aromatic heterocycles. The molecule has 2 rings (SSSR count). The summed E-state index contributed by atoms with van der Waals surface area (Å²) >= 11 is 5.80. The fraction of sp³-hybridized carbons (Fsp3) is 0.556. The van der Waals surface area contributed by atoms with Crippen LogP contribution in [0.5, 0.6) is 0 Å². The normalized spacial score (nSPS) is 20.9. The van der Waals surface area contributed by atoms with Crippen molar-refractivity contribution >= 4 is 23.4 Å². The zero-order valence-corrected chi connectivity index (χ0v) is 8.98. The number of hydrogen-bond acceptors (Lipinski definition) is 5. The quantitative estimate of drug-likeness (QED) is 0.728. The molecule has 1 aliphatic heterocycles. The summed E-state index contributed by atoms with van der Waals surface area (Å²) in [5, 5.41) is 9.52. The van der Waals surface area contributed by atoms with Crippen LogP contribution >= 0.6 is 11.6 Å². The minimum Gasteiger partial charge on any atom is -0.394 e. The van der Waals surface area contributed by atoms with Crippen LogP contribution in [0, 0.1) is 0 Å². The van der Waals surface area contributed by atoms with Gasteiger partial charge in [0.05, 0.1) is 12.6 Å². The number of aromatic nitrogens is 2. The average molecular weight is 229 g/mol. The Bertz CT molecular complexity index is 340. The third-order valence-electron chi connectivity index (χ3n) is 2.58. The van der Waals surface area contributed by atoms with Gasteiger partial charge in [0, 0.05) is 12.6 Å². The Morgan fingerprint density at radius 1 is 1.60 bits per heavy atom. The second-order valence-corrected chi connectivity index (χ2v) is 3.97. The maximum absolute atomic E-state index is 9.19. The standard InChI is InChI=1S/C9H13ClN4O/c10-7-4-8(13-9(11)12-7)14-3-1-2-6(14)5-15/h4,6,15H,1-3,5H2,(H2,11,12,13)/t6-/m0/s1. The van der Waals surface area contributed by atoms with Crippen molar-refractivity contribution in [3.63, 3.8) is 0 Å². The summed E-state index contributed by atoms with van der Waals surface area (Å²) in [4.78, 5) is 9.93. The van der Waals surface area contributed by atoms with E-state index in [0.717, 1.165) is 19.4 Å². The van der Waals surface area contributed by atoms with E-state index in [1.165, 1.54) is 0 Å². The van der Waals surface area contributed by atoms with Gasteiger partial charge < -0.3 is 15.7 Å². The lowest BCUT2D eigenvalue weighted by atomic mass is 10.2.